The standard InChI is InChI=1S/C31H41N5O2S.2ClH.Ru/c1-19-12-20(2)29(21(3)13-19)35-10-11-36(18-35)30-22(4)14-24(15-23(30)5)16-32-27(37)9-7-6-8-26-28-25(17-39-26)33-31(38)34-28;;;/h12-15,25-26,28H,6-11,16-17H2,1-5H3,(H,32,37)(H2,33,34,38);2*1H;/q;;;+2/p-2/t25-,26-,28-;;;/m0.../s1. The Morgan fingerprint density at radius 2 is 1.74 bits per heavy atom. The average Bonchev–Trinajstić information content (AvgIpc) is 3.62. The zero-order valence-corrected chi connectivity index (χ0v) is 29.0. The summed E-state index contributed by atoms with van der Waals surface area (Å²) in [6.07, 6.45) is 7.05. The molecule has 2 aromatic carbocycles. The van der Waals surface area contributed by atoms with E-state index in [1.165, 1.54) is 39.2 Å². The molecule has 0 aromatic heterocycles. The summed E-state index contributed by atoms with van der Waals surface area (Å²) in [4.78, 5) is 26.3. The van der Waals surface area contributed by atoms with E-state index in [0.29, 0.717) is 18.2 Å². The first-order valence-electron chi connectivity index (χ1n) is 14.4. The average molecular weight is 720 g/mol. The van der Waals surface area contributed by atoms with Gasteiger partial charge in [-0.2, -0.15) is 11.8 Å². The molecule has 2 saturated heterocycles. The van der Waals surface area contributed by atoms with Crippen LogP contribution in [0.5, 0.6) is 0 Å². The van der Waals surface area contributed by atoms with E-state index in [4.69, 9.17) is 19.4 Å². The van der Waals surface area contributed by atoms with Crippen LogP contribution in [0.4, 0.5) is 16.2 Å². The molecule has 3 N–H and O–H groups in total. The Bertz CT molecular complexity index is 1290. The van der Waals surface area contributed by atoms with E-state index in [-0.39, 0.29) is 39.2 Å². The summed E-state index contributed by atoms with van der Waals surface area (Å²) in [5.74, 6) is 1.08. The summed E-state index contributed by atoms with van der Waals surface area (Å²) >= 11 is 1.58. The molecule has 230 valence electrons. The summed E-state index contributed by atoms with van der Waals surface area (Å²) in [6.45, 7) is 13.1. The van der Waals surface area contributed by atoms with Crippen LogP contribution in [0.2, 0.25) is 0 Å². The third kappa shape index (κ3) is 8.22. The Kier molecular flexibility index (Phi) is 12.0. The van der Waals surface area contributed by atoms with Crippen molar-refractivity contribution in [2.24, 2.45) is 0 Å². The molecule has 3 atom stereocenters. The Labute approximate surface area is 270 Å². The van der Waals surface area contributed by atoms with E-state index in [0.717, 1.165) is 43.7 Å². The maximum absolute atomic E-state index is 12.5. The Morgan fingerprint density at radius 1 is 1.07 bits per heavy atom. The van der Waals surface area contributed by atoms with E-state index in [1.807, 2.05) is 11.8 Å². The van der Waals surface area contributed by atoms with Gasteiger partial charge < -0.3 is 25.4 Å². The molecule has 3 heterocycles. The number of anilines is 1. The number of benzene rings is 2. The van der Waals surface area contributed by atoms with E-state index in [2.05, 4.69) is 90.6 Å². The molecule has 3 aliphatic heterocycles. The van der Waals surface area contributed by atoms with Gasteiger partial charge >= 0.3 is 40.6 Å². The molecule has 11 heteroatoms. The normalized spacial score (nSPS) is 20.9. The minimum absolute atomic E-state index is 0.0423. The van der Waals surface area contributed by atoms with Gasteiger partial charge in [0.1, 0.15) is 13.1 Å². The predicted molar refractivity (Wildman–Crippen MR) is 171 cm³/mol. The molecule has 0 aliphatic carbocycles. The van der Waals surface area contributed by atoms with E-state index >= 15 is 0 Å². The SMILES string of the molecule is Cc1cc(C)c(N2[C-]=[N+](c3c(C)cc(CNC(=O)CCCC[C@@H]4SC[C@@H]5NC(=O)N[C@@H]54)cc3C)CC2)c(C)c1.[Cl][Ru][Cl]. The van der Waals surface area contributed by atoms with Crippen molar-refractivity contribution in [3.63, 3.8) is 0 Å². The molecule has 0 saturated carbocycles. The Balaban J connectivity index is 0.00000129. The predicted octanol–water partition coefficient (Wildman–Crippen LogP) is 6.02. The summed E-state index contributed by atoms with van der Waals surface area (Å²) in [7, 11) is 9.71. The number of aryl methyl sites for hydroxylation is 5. The molecule has 0 spiro atoms. The third-order valence-corrected chi connectivity index (χ3v) is 9.59. The second-order valence-corrected chi connectivity index (χ2v) is 15.3. The zero-order chi connectivity index (χ0) is 30.4. The van der Waals surface area contributed by atoms with Crippen molar-refractivity contribution in [3.05, 3.63) is 57.6 Å². The van der Waals surface area contributed by atoms with E-state index < -0.39 is 0 Å². The number of fused-ring (bicyclic) bond motifs is 1. The van der Waals surface area contributed by atoms with Crippen molar-refractivity contribution in [1.29, 1.82) is 0 Å². The number of amides is 3. The summed E-state index contributed by atoms with van der Waals surface area (Å²) < 4.78 is 2.24. The number of nitrogens with zero attached hydrogens (tertiary/aromatic N) is 2. The number of hydrogen-bond donors (Lipinski definition) is 3. The number of thioether (sulfide) groups is 1. The fourth-order valence-electron chi connectivity index (χ4n) is 6.50. The van der Waals surface area contributed by atoms with Crippen LogP contribution in [0.1, 0.15) is 59.1 Å². The monoisotopic (exact) mass is 719 g/mol. The zero-order valence-electron chi connectivity index (χ0n) is 24.9. The molecular weight excluding hydrogens is 678 g/mol. The quantitative estimate of drug-likeness (QED) is 0.0976. The van der Waals surface area contributed by atoms with Gasteiger partial charge in [-0.15, -0.1) is 0 Å². The Morgan fingerprint density at radius 3 is 2.40 bits per heavy atom. The molecule has 2 fully saturated rings. The van der Waals surface area contributed by atoms with Crippen LogP contribution in [0.3, 0.4) is 0 Å². The van der Waals surface area contributed by atoms with Crippen LogP contribution in [-0.2, 0) is 26.5 Å². The van der Waals surface area contributed by atoms with Gasteiger partial charge in [-0.05, 0) is 53.0 Å². The molecule has 5 rings (SSSR count). The number of halogens is 2. The van der Waals surface area contributed by atoms with Crippen LogP contribution in [-0.4, -0.2) is 59.0 Å². The molecule has 0 bridgehead atoms. The van der Waals surface area contributed by atoms with E-state index in [1.54, 1.807) is 0 Å². The van der Waals surface area contributed by atoms with Crippen molar-refractivity contribution in [2.45, 2.75) is 84.2 Å². The molecule has 3 amide bonds. The van der Waals surface area contributed by atoms with Crippen LogP contribution in [0.25, 0.3) is 0 Å². The van der Waals surface area contributed by atoms with Crippen molar-refractivity contribution in [3.8, 4) is 0 Å². The Hall–Kier alpha value is -1.80. The van der Waals surface area contributed by atoms with Gasteiger partial charge in [0.15, 0.2) is 0 Å². The number of rotatable bonds is 9. The summed E-state index contributed by atoms with van der Waals surface area (Å²) in [5.41, 5.74) is 9.85. The van der Waals surface area contributed by atoms with Gasteiger partial charge in [0.25, 0.3) is 0 Å². The van der Waals surface area contributed by atoms with Gasteiger partial charge in [0.2, 0.25) is 12.2 Å². The molecule has 2 aromatic rings. The third-order valence-electron chi connectivity index (χ3n) is 8.09. The number of carbonyl (C=O) groups is 2. The first-order chi connectivity index (χ1) is 20.1. The molecule has 7 nitrogen and oxygen atoms in total. The molecular formula is C31H41Cl2N5O2RuS. The molecule has 0 unspecified atom stereocenters. The van der Waals surface area contributed by atoms with Gasteiger partial charge in [-0.1, -0.05) is 58.5 Å². The van der Waals surface area contributed by atoms with Crippen molar-refractivity contribution in [2.75, 3.05) is 23.7 Å². The van der Waals surface area contributed by atoms with E-state index in [9.17, 15) is 9.59 Å². The van der Waals surface area contributed by atoms with Gasteiger partial charge in [0.05, 0.1) is 12.1 Å². The van der Waals surface area contributed by atoms with Gasteiger partial charge in [-0.25, -0.2) is 4.79 Å². The number of urea groups is 1. The van der Waals surface area contributed by atoms with Crippen LogP contribution in [0.15, 0.2) is 24.3 Å². The van der Waals surface area contributed by atoms with Crippen LogP contribution < -0.4 is 20.9 Å². The fourth-order valence-corrected chi connectivity index (χ4v) is 8.05. The summed E-state index contributed by atoms with van der Waals surface area (Å²) in [5, 5.41) is 9.58. The topological polar surface area (TPSA) is 76.5 Å². The molecule has 0 radical (unpaired) electrons. The van der Waals surface area contributed by atoms with Crippen molar-refractivity contribution >= 4 is 60.8 Å². The number of hydrogen-bond acceptors (Lipinski definition) is 4. The first-order valence-corrected chi connectivity index (χ1v) is 19.9. The second kappa shape index (κ2) is 15.3. The van der Waals surface area contributed by atoms with Crippen LogP contribution >= 0.6 is 31.1 Å². The number of carbonyl (C=O) groups excluding carboxylic acids is 2. The second-order valence-electron chi connectivity index (χ2n) is 11.4. The number of nitrogens with one attached hydrogen (secondary N) is 3. The van der Waals surface area contributed by atoms with Crippen molar-refractivity contribution < 1.29 is 29.3 Å². The van der Waals surface area contributed by atoms with Crippen molar-refractivity contribution in [1.82, 2.24) is 16.0 Å². The molecule has 42 heavy (non-hydrogen) atoms. The molecule has 3 aliphatic rings. The van der Waals surface area contributed by atoms with Gasteiger partial charge in [0, 0.05) is 35.3 Å². The fraction of sp³-hybridized carbons (Fsp3) is 0.516. The van der Waals surface area contributed by atoms with Crippen LogP contribution in [0, 0.1) is 34.6 Å². The summed E-state index contributed by atoms with van der Waals surface area (Å²) in [6, 6.07) is 9.31. The van der Waals surface area contributed by atoms with Gasteiger partial charge in [-0.3, -0.25) is 4.79 Å². The first kappa shape index (κ1) is 33.1. The maximum atomic E-state index is 12.5. The minimum atomic E-state index is -0.346. The number of unbranched alkanes of at least 4 members (excludes halogenated alkanes) is 1.